The lowest BCUT2D eigenvalue weighted by atomic mass is 10.3. The summed E-state index contributed by atoms with van der Waals surface area (Å²) in [7, 11) is 0. The molecule has 1 N–H and O–H groups in total. The van der Waals surface area contributed by atoms with E-state index in [1.54, 1.807) is 23.3 Å². The molecule has 0 fully saturated rings. The summed E-state index contributed by atoms with van der Waals surface area (Å²) in [5, 5.41) is 0. The average Bonchev–Trinajstić information content (AvgIpc) is 2.57. The zero-order valence-corrected chi connectivity index (χ0v) is 9.78. The Kier molecular flexibility index (Phi) is 3.05. The molecule has 4 heteroatoms. The third kappa shape index (κ3) is 2.26. The molecule has 0 aliphatic carbocycles. The lowest BCUT2D eigenvalue weighted by molar-refractivity contribution is 0.770. The molecule has 14 heavy (non-hydrogen) atoms. The average molecular weight is 224 g/mol. The van der Waals surface area contributed by atoms with Gasteiger partial charge in [-0.1, -0.05) is 12.1 Å². The molecule has 74 valence electrons. The number of hydrogen-bond acceptors (Lipinski definition) is 4. The highest BCUT2D eigenvalue weighted by molar-refractivity contribution is 7.99. The minimum absolute atomic E-state index is 0.479. The van der Waals surface area contributed by atoms with Gasteiger partial charge in [0.15, 0.2) is 4.34 Å². The SMILES string of the molecule is CC(C)NSc1nc2ccccc2s1. The molecule has 0 bridgehead atoms. The van der Waals surface area contributed by atoms with Crippen LogP contribution in [0.1, 0.15) is 13.8 Å². The van der Waals surface area contributed by atoms with Crippen LogP contribution >= 0.6 is 23.3 Å². The first kappa shape index (κ1) is 9.96. The van der Waals surface area contributed by atoms with Crippen LogP contribution < -0.4 is 4.72 Å². The standard InChI is InChI=1S/C10H12N2S2/c1-7(2)12-14-10-11-8-5-3-4-6-9(8)13-10/h3-7,12H,1-2H3. The second-order valence-corrected chi connectivity index (χ2v) is 5.44. The summed E-state index contributed by atoms with van der Waals surface area (Å²) >= 11 is 3.34. The van der Waals surface area contributed by atoms with E-state index in [0.717, 1.165) is 9.86 Å². The number of hydrogen-bond donors (Lipinski definition) is 1. The molecule has 2 aromatic rings. The first-order chi connectivity index (χ1) is 6.75. The van der Waals surface area contributed by atoms with Gasteiger partial charge in [-0.2, -0.15) is 0 Å². The Morgan fingerprint density at radius 3 is 2.86 bits per heavy atom. The number of thiazole rings is 1. The normalized spacial score (nSPS) is 11.4. The summed E-state index contributed by atoms with van der Waals surface area (Å²) < 4.78 is 5.62. The van der Waals surface area contributed by atoms with E-state index in [4.69, 9.17) is 0 Å². The number of nitrogens with one attached hydrogen (secondary N) is 1. The number of aromatic nitrogens is 1. The Morgan fingerprint density at radius 2 is 2.14 bits per heavy atom. The summed E-state index contributed by atoms with van der Waals surface area (Å²) in [6, 6.07) is 8.70. The van der Waals surface area contributed by atoms with Crippen LogP contribution in [0.4, 0.5) is 0 Å². The largest absolute Gasteiger partial charge is 0.255 e. The van der Waals surface area contributed by atoms with E-state index in [9.17, 15) is 0 Å². The Bertz CT molecular complexity index is 390. The molecule has 2 nitrogen and oxygen atoms in total. The number of nitrogens with zero attached hydrogens (tertiary/aromatic N) is 1. The molecule has 0 atom stereocenters. The second kappa shape index (κ2) is 4.29. The van der Waals surface area contributed by atoms with Gasteiger partial charge in [-0.05, 0) is 37.9 Å². The fourth-order valence-electron chi connectivity index (χ4n) is 1.06. The smallest absolute Gasteiger partial charge is 0.166 e. The number of benzene rings is 1. The molecule has 1 aromatic heterocycles. The fraction of sp³-hybridized carbons (Fsp3) is 0.300. The van der Waals surface area contributed by atoms with Crippen molar-refractivity contribution in [3.05, 3.63) is 24.3 Å². The van der Waals surface area contributed by atoms with E-state index in [1.807, 2.05) is 18.2 Å². The molecule has 0 saturated carbocycles. The first-order valence-electron chi connectivity index (χ1n) is 4.53. The Labute approximate surface area is 91.9 Å². The van der Waals surface area contributed by atoms with Crippen molar-refractivity contribution in [2.75, 3.05) is 0 Å². The zero-order chi connectivity index (χ0) is 9.97. The van der Waals surface area contributed by atoms with Crippen LogP contribution in [-0.4, -0.2) is 11.0 Å². The number of rotatable bonds is 3. The summed E-state index contributed by atoms with van der Waals surface area (Å²) in [6.45, 7) is 4.25. The van der Waals surface area contributed by atoms with E-state index in [0.29, 0.717) is 6.04 Å². The van der Waals surface area contributed by atoms with Gasteiger partial charge < -0.3 is 0 Å². The van der Waals surface area contributed by atoms with Crippen LogP contribution in [0.2, 0.25) is 0 Å². The minimum atomic E-state index is 0.479. The van der Waals surface area contributed by atoms with Crippen molar-refractivity contribution in [2.24, 2.45) is 0 Å². The first-order valence-corrected chi connectivity index (χ1v) is 6.17. The quantitative estimate of drug-likeness (QED) is 0.810. The van der Waals surface area contributed by atoms with Gasteiger partial charge in [0.1, 0.15) is 0 Å². The lowest BCUT2D eigenvalue weighted by Crippen LogP contribution is -2.13. The Morgan fingerprint density at radius 1 is 1.36 bits per heavy atom. The van der Waals surface area contributed by atoms with Crippen LogP contribution in [-0.2, 0) is 0 Å². The Balaban J connectivity index is 2.19. The molecule has 0 amide bonds. The van der Waals surface area contributed by atoms with Crippen molar-refractivity contribution < 1.29 is 0 Å². The van der Waals surface area contributed by atoms with E-state index in [1.165, 1.54) is 4.70 Å². The molecule has 0 saturated heterocycles. The van der Waals surface area contributed by atoms with Gasteiger partial charge in [-0.25, -0.2) is 4.98 Å². The molecule has 0 unspecified atom stereocenters. The van der Waals surface area contributed by atoms with Crippen LogP contribution in [0.15, 0.2) is 28.6 Å². The third-order valence-electron chi connectivity index (χ3n) is 1.66. The highest BCUT2D eigenvalue weighted by Crippen LogP contribution is 2.27. The molecule has 2 rings (SSSR count). The maximum atomic E-state index is 4.50. The highest BCUT2D eigenvalue weighted by Gasteiger charge is 2.03. The summed E-state index contributed by atoms with van der Waals surface area (Å²) in [4.78, 5) is 4.50. The zero-order valence-electron chi connectivity index (χ0n) is 8.15. The monoisotopic (exact) mass is 224 g/mol. The van der Waals surface area contributed by atoms with Crippen LogP contribution in [0.3, 0.4) is 0 Å². The molecular weight excluding hydrogens is 212 g/mol. The van der Waals surface area contributed by atoms with Crippen molar-refractivity contribution >= 4 is 33.5 Å². The van der Waals surface area contributed by atoms with Gasteiger partial charge in [0.05, 0.1) is 10.2 Å². The van der Waals surface area contributed by atoms with Crippen LogP contribution in [0.5, 0.6) is 0 Å². The summed E-state index contributed by atoms with van der Waals surface area (Å²) in [6.07, 6.45) is 0. The Hall–Kier alpha value is -0.580. The maximum absolute atomic E-state index is 4.50. The van der Waals surface area contributed by atoms with Crippen molar-refractivity contribution in [3.8, 4) is 0 Å². The summed E-state index contributed by atoms with van der Waals surface area (Å²) in [5.41, 5.74) is 1.09. The second-order valence-electron chi connectivity index (χ2n) is 3.32. The minimum Gasteiger partial charge on any atom is -0.255 e. The van der Waals surface area contributed by atoms with Gasteiger partial charge in [-0.3, -0.25) is 4.72 Å². The highest BCUT2D eigenvalue weighted by atomic mass is 32.2. The van der Waals surface area contributed by atoms with E-state index < -0.39 is 0 Å². The predicted octanol–water partition coefficient (Wildman–Crippen LogP) is 3.30. The molecule has 0 spiro atoms. The predicted molar refractivity (Wildman–Crippen MR) is 63.7 cm³/mol. The topological polar surface area (TPSA) is 24.9 Å². The number of fused-ring (bicyclic) bond motifs is 1. The van der Waals surface area contributed by atoms with Gasteiger partial charge >= 0.3 is 0 Å². The van der Waals surface area contributed by atoms with E-state index in [2.05, 4.69) is 29.6 Å². The summed E-state index contributed by atoms with van der Waals surface area (Å²) in [5.74, 6) is 0. The van der Waals surface area contributed by atoms with Crippen LogP contribution in [0.25, 0.3) is 10.2 Å². The maximum Gasteiger partial charge on any atom is 0.166 e. The van der Waals surface area contributed by atoms with Crippen LogP contribution in [0, 0.1) is 0 Å². The van der Waals surface area contributed by atoms with Crippen molar-refractivity contribution in [1.29, 1.82) is 0 Å². The van der Waals surface area contributed by atoms with Crippen molar-refractivity contribution in [1.82, 2.24) is 9.71 Å². The van der Waals surface area contributed by atoms with Gasteiger partial charge in [0.25, 0.3) is 0 Å². The lowest BCUT2D eigenvalue weighted by Gasteiger charge is -2.02. The number of para-hydroxylation sites is 1. The third-order valence-corrected chi connectivity index (χ3v) is 3.84. The van der Waals surface area contributed by atoms with Crippen molar-refractivity contribution in [3.63, 3.8) is 0 Å². The van der Waals surface area contributed by atoms with E-state index >= 15 is 0 Å². The molecule has 1 heterocycles. The van der Waals surface area contributed by atoms with Gasteiger partial charge in [-0.15, -0.1) is 11.3 Å². The van der Waals surface area contributed by atoms with Crippen molar-refractivity contribution in [2.45, 2.75) is 24.2 Å². The molecule has 1 aromatic carbocycles. The molecular formula is C10H12N2S2. The molecule has 0 aliphatic heterocycles. The fourth-order valence-corrected chi connectivity index (χ4v) is 2.82. The molecule has 0 aliphatic rings. The van der Waals surface area contributed by atoms with Gasteiger partial charge in [0, 0.05) is 6.04 Å². The van der Waals surface area contributed by atoms with E-state index in [-0.39, 0.29) is 0 Å². The van der Waals surface area contributed by atoms with Gasteiger partial charge in [0.2, 0.25) is 0 Å². The molecule has 0 radical (unpaired) electrons.